The Bertz CT molecular complexity index is 119. The molecule has 1 heteroatoms. The van der Waals surface area contributed by atoms with Crippen molar-refractivity contribution in [1.29, 1.82) is 0 Å². The summed E-state index contributed by atoms with van der Waals surface area (Å²) in [7, 11) is 2.17. The van der Waals surface area contributed by atoms with Gasteiger partial charge in [0.25, 0.3) is 0 Å². The monoisotopic (exact) mass is 167 g/mol. The summed E-state index contributed by atoms with van der Waals surface area (Å²) in [6.07, 6.45) is 7.30. The zero-order valence-electron chi connectivity index (χ0n) is 8.42. The lowest BCUT2D eigenvalue weighted by Crippen LogP contribution is -2.31. The minimum Gasteiger partial charge on any atom is -0.303 e. The molecule has 0 aromatic heterocycles. The van der Waals surface area contributed by atoms with Crippen LogP contribution in [0.1, 0.15) is 26.2 Å². The Kier molecular flexibility index (Phi) is 6.78. The van der Waals surface area contributed by atoms with Crippen LogP contribution < -0.4 is 0 Å². The molecule has 0 atom stereocenters. The average Bonchev–Trinajstić information content (AvgIpc) is 2.04. The van der Waals surface area contributed by atoms with E-state index in [2.05, 4.69) is 32.0 Å². The summed E-state index contributed by atoms with van der Waals surface area (Å²) >= 11 is 0. The second-order valence-corrected chi connectivity index (χ2v) is 3.18. The molecular formula is C11H21N. The highest BCUT2D eigenvalue weighted by atomic mass is 15.1. The summed E-state index contributed by atoms with van der Waals surface area (Å²) in [6.45, 7) is 10.9. The first kappa shape index (κ1) is 11.4. The summed E-state index contributed by atoms with van der Waals surface area (Å²) in [5, 5.41) is 0. The van der Waals surface area contributed by atoms with E-state index in [0.717, 1.165) is 19.4 Å². The van der Waals surface area contributed by atoms with Gasteiger partial charge in [0.15, 0.2) is 0 Å². The van der Waals surface area contributed by atoms with Gasteiger partial charge in [0.05, 0.1) is 0 Å². The highest BCUT2D eigenvalue weighted by Gasteiger charge is 2.09. The van der Waals surface area contributed by atoms with Crippen LogP contribution in [0.3, 0.4) is 0 Å². The Labute approximate surface area is 76.8 Å². The van der Waals surface area contributed by atoms with E-state index in [9.17, 15) is 0 Å². The first-order valence-corrected chi connectivity index (χ1v) is 4.68. The van der Waals surface area contributed by atoms with Crippen LogP contribution in [0.4, 0.5) is 0 Å². The van der Waals surface area contributed by atoms with Crippen molar-refractivity contribution in [3.05, 3.63) is 25.3 Å². The largest absolute Gasteiger partial charge is 0.303 e. The maximum atomic E-state index is 3.76. The third-order valence-corrected chi connectivity index (χ3v) is 2.08. The summed E-state index contributed by atoms with van der Waals surface area (Å²) < 4.78 is 0. The Morgan fingerprint density at radius 3 is 2.08 bits per heavy atom. The lowest BCUT2D eigenvalue weighted by Gasteiger charge is -2.25. The summed E-state index contributed by atoms with van der Waals surface area (Å²) in [4.78, 5) is 2.38. The van der Waals surface area contributed by atoms with Crippen molar-refractivity contribution < 1.29 is 0 Å². The van der Waals surface area contributed by atoms with Crippen molar-refractivity contribution >= 4 is 0 Å². The smallest absolute Gasteiger partial charge is 0.0161 e. The van der Waals surface area contributed by atoms with E-state index in [0.29, 0.717) is 6.04 Å². The fourth-order valence-corrected chi connectivity index (χ4v) is 1.38. The molecule has 0 saturated carbocycles. The molecule has 0 fully saturated rings. The molecule has 0 aromatic carbocycles. The fraction of sp³-hybridized carbons (Fsp3) is 0.636. The first-order valence-electron chi connectivity index (χ1n) is 4.68. The Balaban J connectivity index is 3.88. The minimum absolute atomic E-state index is 0.597. The normalized spacial score (nSPS) is 10.7. The molecule has 0 aliphatic carbocycles. The second-order valence-electron chi connectivity index (χ2n) is 3.18. The van der Waals surface area contributed by atoms with E-state index in [1.807, 2.05) is 12.2 Å². The van der Waals surface area contributed by atoms with Gasteiger partial charge in [-0.25, -0.2) is 0 Å². The molecule has 0 rings (SSSR count). The van der Waals surface area contributed by atoms with Crippen molar-refractivity contribution in [1.82, 2.24) is 4.90 Å². The van der Waals surface area contributed by atoms with Gasteiger partial charge >= 0.3 is 0 Å². The molecule has 1 nitrogen and oxygen atoms in total. The molecule has 70 valence electrons. The lowest BCUT2D eigenvalue weighted by atomic mass is 10.1. The highest BCUT2D eigenvalue weighted by Crippen LogP contribution is 2.08. The van der Waals surface area contributed by atoms with Crippen LogP contribution in [0, 0.1) is 0 Å². The first-order chi connectivity index (χ1) is 5.76. The molecule has 0 aliphatic heterocycles. The molecule has 0 saturated heterocycles. The number of hydrogen-bond acceptors (Lipinski definition) is 1. The second kappa shape index (κ2) is 7.11. The van der Waals surface area contributed by atoms with Crippen molar-refractivity contribution in [2.45, 2.75) is 32.2 Å². The molecule has 0 amide bonds. The highest BCUT2D eigenvalue weighted by molar-refractivity contribution is 4.84. The molecule has 0 spiro atoms. The quantitative estimate of drug-likeness (QED) is 0.527. The predicted molar refractivity (Wildman–Crippen MR) is 56.3 cm³/mol. The number of nitrogens with zero attached hydrogens (tertiary/aromatic N) is 1. The van der Waals surface area contributed by atoms with Gasteiger partial charge in [-0.3, -0.25) is 0 Å². The van der Waals surface area contributed by atoms with Crippen LogP contribution in [0.2, 0.25) is 0 Å². The van der Waals surface area contributed by atoms with Gasteiger partial charge < -0.3 is 4.90 Å². The van der Waals surface area contributed by atoms with E-state index >= 15 is 0 Å². The summed E-state index contributed by atoms with van der Waals surface area (Å²) in [6, 6.07) is 0.597. The van der Waals surface area contributed by atoms with Crippen molar-refractivity contribution in [2.75, 3.05) is 13.6 Å². The molecule has 0 radical (unpaired) electrons. The number of rotatable bonds is 7. The van der Waals surface area contributed by atoms with Gasteiger partial charge in [-0.1, -0.05) is 19.1 Å². The van der Waals surface area contributed by atoms with E-state index in [1.165, 1.54) is 6.42 Å². The molecule has 0 N–H and O–H groups in total. The molecular weight excluding hydrogens is 146 g/mol. The fourth-order valence-electron chi connectivity index (χ4n) is 1.38. The predicted octanol–water partition coefficient (Wildman–Crippen LogP) is 2.85. The lowest BCUT2D eigenvalue weighted by molar-refractivity contribution is 0.244. The van der Waals surface area contributed by atoms with E-state index in [-0.39, 0.29) is 0 Å². The zero-order valence-corrected chi connectivity index (χ0v) is 8.42. The molecule has 0 bridgehead atoms. The standard InChI is InChI=1S/C11H21N/c1-5-8-11(9-6-2)12(4)10-7-3/h5-6,11H,1-2,7-10H2,3-4H3. The Morgan fingerprint density at radius 1 is 1.25 bits per heavy atom. The molecule has 0 unspecified atom stereocenters. The summed E-state index contributed by atoms with van der Waals surface area (Å²) in [5.41, 5.74) is 0. The van der Waals surface area contributed by atoms with Gasteiger partial charge in [0.2, 0.25) is 0 Å². The van der Waals surface area contributed by atoms with Gasteiger partial charge in [-0.05, 0) is 32.9 Å². The van der Waals surface area contributed by atoms with Crippen LogP contribution in [-0.4, -0.2) is 24.5 Å². The van der Waals surface area contributed by atoms with Crippen LogP contribution >= 0.6 is 0 Å². The average molecular weight is 167 g/mol. The maximum Gasteiger partial charge on any atom is 0.0161 e. The third-order valence-electron chi connectivity index (χ3n) is 2.08. The van der Waals surface area contributed by atoms with Gasteiger partial charge in [-0.15, -0.1) is 13.2 Å². The minimum atomic E-state index is 0.597. The topological polar surface area (TPSA) is 3.24 Å². The maximum absolute atomic E-state index is 3.76. The molecule has 12 heavy (non-hydrogen) atoms. The SMILES string of the molecule is C=CCC(CC=C)N(C)CCC. The molecule has 0 aromatic rings. The van der Waals surface area contributed by atoms with Crippen LogP contribution in [0.15, 0.2) is 25.3 Å². The summed E-state index contributed by atoms with van der Waals surface area (Å²) in [5.74, 6) is 0. The van der Waals surface area contributed by atoms with Crippen molar-refractivity contribution in [3.63, 3.8) is 0 Å². The van der Waals surface area contributed by atoms with Crippen LogP contribution in [0.25, 0.3) is 0 Å². The van der Waals surface area contributed by atoms with E-state index in [1.54, 1.807) is 0 Å². The van der Waals surface area contributed by atoms with E-state index < -0.39 is 0 Å². The third kappa shape index (κ3) is 4.35. The van der Waals surface area contributed by atoms with Crippen LogP contribution in [0.5, 0.6) is 0 Å². The van der Waals surface area contributed by atoms with Crippen LogP contribution in [-0.2, 0) is 0 Å². The van der Waals surface area contributed by atoms with Gasteiger partial charge in [0, 0.05) is 6.04 Å². The van der Waals surface area contributed by atoms with E-state index in [4.69, 9.17) is 0 Å². The van der Waals surface area contributed by atoms with Crippen molar-refractivity contribution in [2.24, 2.45) is 0 Å². The Morgan fingerprint density at radius 2 is 1.75 bits per heavy atom. The molecule has 0 aliphatic rings. The van der Waals surface area contributed by atoms with Crippen molar-refractivity contribution in [3.8, 4) is 0 Å². The number of hydrogen-bond donors (Lipinski definition) is 0. The van der Waals surface area contributed by atoms with Gasteiger partial charge in [0.1, 0.15) is 0 Å². The molecule has 0 heterocycles. The van der Waals surface area contributed by atoms with Gasteiger partial charge in [-0.2, -0.15) is 0 Å². The Hall–Kier alpha value is -0.560. The zero-order chi connectivity index (χ0) is 9.40.